The molecule has 0 unspecified atom stereocenters. The molecular weight excluding hydrogens is 236 g/mol. The first-order valence-corrected chi connectivity index (χ1v) is 5.26. The maximum atomic E-state index is 12.9. The predicted octanol–water partition coefficient (Wildman–Crippen LogP) is 1.94. The number of halogens is 2. The van der Waals surface area contributed by atoms with E-state index in [9.17, 15) is 18.7 Å². The van der Waals surface area contributed by atoms with Crippen LogP contribution in [0.5, 0.6) is 5.88 Å². The number of hydrogen-bond donors (Lipinski definition) is 1. The van der Waals surface area contributed by atoms with Gasteiger partial charge in [-0.2, -0.15) is 0 Å². The van der Waals surface area contributed by atoms with Gasteiger partial charge in [0.2, 0.25) is 5.88 Å². The van der Waals surface area contributed by atoms with Gasteiger partial charge in [-0.1, -0.05) is 11.3 Å². The van der Waals surface area contributed by atoms with Crippen molar-refractivity contribution in [3.05, 3.63) is 50.4 Å². The van der Waals surface area contributed by atoms with Crippen molar-refractivity contribution in [2.75, 3.05) is 0 Å². The van der Waals surface area contributed by atoms with Crippen molar-refractivity contribution in [3.8, 4) is 5.88 Å². The van der Waals surface area contributed by atoms with Gasteiger partial charge < -0.3 is 5.11 Å². The summed E-state index contributed by atoms with van der Waals surface area (Å²) in [6, 6.07) is 2.99. The maximum Gasteiger partial charge on any atom is 0.310 e. The Hall–Kier alpha value is -1.69. The Morgan fingerprint density at radius 1 is 1.25 bits per heavy atom. The molecule has 2 aromatic rings. The molecule has 1 aromatic carbocycles. The quantitative estimate of drug-likeness (QED) is 0.875. The lowest BCUT2D eigenvalue weighted by molar-refractivity contribution is 0.421. The van der Waals surface area contributed by atoms with E-state index in [0.29, 0.717) is 0 Å². The predicted molar refractivity (Wildman–Crippen MR) is 55.7 cm³/mol. The van der Waals surface area contributed by atoms with Crippen LogP contribution in [0, 0.1) is 11.6 Å². The highest BCUT2D eigenvalue weighted by atomic mass is 32.1. The Labute approximate surface area is 93.2 Å². The third-order valence-electron chi connectivity index (χ3n) is 2.03. The van der Waals surface area contributed by atoms with E-state index in [-0.39, 0.29) is 22.9 Å². The molecule has 1 aromatic heterocycles. The zero-order valence-electron chi connectivity index (χ0n) is 7.98. The zero-order valence-corrected chi connectivity index (χ0v) is 8.80. The first kappa shape index (κ1) is 10.8. The van der Waals surface area contributed by atoms with Gasteiger partial charge in [0.15, 0.2) is 0 Å². The largest absolute Gasteiger partial charge is 0.494 e. The SMILES string of the molecule is O=c1scc(O)n1Cc1cc(F)cc(F)c1. The fraction of sp³-hybridized carbons (Fsp3) is 0.100. The minimum absolute atomic E-state index is 0.0527. The number of benzene rings is 1. The summed E-state index contributed by atoms with van der Waals surface area (Å²) in [5, 5.41) is 10.6. The Bertz CT molecular complexity index is 556. The Kier molecular flexibility index (Phi) is 2.74. The average molecular weight is 243 g/mol. The molecular formula is C10H7F2NO2S. The van der Waals surface area contributed by atoms with E-state index in [1.807, 2.05) is 0 Å². The third kappa shape index (κ3) is 2.11. The molecule has 0 saturated heterocycles. The van der Waals surface area contributed by atoms with E-state index in [0.717, 1.165) is 34.1 Å². The van der Waals surface area contributed by atoms with Gasteiger partial charge in [-0.3, -0.25) is 9.36 Å². The normalized spacial score (nSPS) is 10.6. The van der Waals surface area contributed by atoms with Gasteiger partial charge in [0.05, 0.1) is 11.9 Å². The van der Waals surface area contributed by atoms with Gasteiger partial charge in [0.1, 0.15) is 11.6 Å². The molecule has 0 aliphatic heterocycles. The summed E-state index contributed by atoms with van der Waals surface area (Å²) in [7, 11) is 0. The standard InChI is InChI=1S/C10H7F2NO2S/c11-7-1-6(2-8(12)3-7)4-13-9(14)5-16-10(13)15/h1-3,5,14H,4H2. The van der Waals surface area contributed by atoms with Crippen LogP contribution in [0.1, 0.15) is 5.56 Å². The summed E-state index contributed by atoms with van der Waals surface area (Å²) in [5.74, 6) is -1.63. The second-order valence-electron chi connectivity index (χ2n) is 3.22. The molecule has 0 saturated carbocycles. The second-order valence-corrected chi connectivity index (χ2v) is 4.04. The van der Waals surface area contributed by atoms with Gasteiger partial charge in [-0.25, -0.2) is 8.78 Å². The molecule has 0 aliphatic carbocycles. The van der Waals surface area contributed by atoms with Crippen LogP contribution < -0.4 is 4.87 Å². The number of aromatic nitrogens is 1. The molecule has 0 spiro atoms. The monoisotopic (exact) mass is 243 g/mol. The first-order chi connectivity index (χ1) is 7.56. The van der Waals surface area contributed by atoms with E-state index < -0.39 is 11.6 Å². The van der Waals surface area contributed by atoms with E-state index in [1.165, 1.54) is 5.38 Å². The van der Waals surface area contributed by atoms with Gasteiger partial charge in [-0.05, 0) is 17.7 Å². The van der Waals surface area contributed by atoms with E-state index in [1.54, 1.807) is 0 Å². The van der Waals surface area contributed by atoms with Crippen molar-refractivity contribution in [2.24, 2.45) is 0 Å². The molecule has 6 heteroatoms. The molecule has 2 rings (SSSR count). The lowest BCUT2D eigenvalue weighted by Crippen LogP contribution is -2.13. The second kappa shape index (κ2) is 4.05. The maximum absolute atomic E-state index is 12.9. The molecule has 84 valence electrons. The van der Waals surface area contributed by atoms with Crippen LogP contribution in [0.3, 0.4) is 0 Å². The number of thiazole rings is 1. The van der Waals surface area contributed by atoms with Crippen molar-refractivity contribution in [2.45, 2.75) is 6.54 Å². The molecule has 3 nitrogen and oxygen atoms in total. The van der Waals surface area contributed by atoms with Crippen LogP contribution >= 0.6 is 11.3 Å². The summed E-state index contributed by atoms with van der Waals surface area (Å²) in [6.07, 6.45) is 0. The summed E-state index contributed by atoms with van der Waals surface area (Å²) >= 11 is 0.829. The number of hydrogen-bond acceptors (Lipinski definition) is 3. The Balaban J connectivity index is 2.37. The molecule has 0 bridgehead atoms. The van der Waals surface area contributed by atoms with Crippen molar-refractivity contribution in [3.63, 3.8) is 0 Å². The van der Waals surface area contributed by atoms with Crippen LogP contribution in [0.15, 0.2) is 28.4 Å². The highest BCUT2D eigenvalue weighted by Crippen LogP contribution is 2.14. The number of rotatable bonds is 2. The minimum Gasteiger partial charge on any atom is -0.494 e. The van der Waals surface area contributed by atoms with Gasteiger partial charge >= 0.3 is 4.87 Å². The van der Waals surface area contributed by atoms with Crippen LogP contribution in [0.2, 0.25) is 0 Å². The minimum atomic E-state index is -0.710. The number of aromatic hydroxyl groups is 1. The highest BCUT2D eigenvalue weighted by Gasteiger charge is 2.07. The highest BCUT2D eigenvalue weighted by molar-refractivity contribution is 7.07. The lowest BCUT2D eigenvalue weighted by Gasteiger charge is -2.03. The Morgan fingerprint density at radius 3 is 2.38 bits per heavy atom. The van der Waals surface area contributed by atoms with Crippen LogP contribution in [-0.4, -0.2) is 9.67 Å². The molecule has 0 radical (unpaired) electrons. The Morgan fingerprint density at radius 2 is 1.88 bits per heavy atom. The molecule has 1 N–H and O–H groups in total. The van der Waals surface area contributed by atoms with Crippen LogP contribution in [0.4, 0.5) is 8.78 Å². The molecule has 0 aliphatic rings. The van der Waals surface area contributed by atoms with Gasteiger partial charge in [0.25, 0.3) is 0 Å². The smallest absolute Gasteiger partial charge is 0.310 e. The number of nitrogens with zero attached hydrogens (tertiary/aromatic N) is 1. The fourth-order valence-electron chi connectivity index (χ4n) is 1.35. The van der Waals surface area contributed by atoms with E-state index >= 15 is 0 Å². The van der Waals surface area contributed by atoms with Gasteiger partial charge in [-0.15, -0.1) is 0 Å². The molecule has 1 heterocycles. The summed E-state index contributed by atoms with van der Waals surface area (Å²) in [6.45, 7) is -0.0527. The van der Waals surface area contributed by atoms with Crippen LogP contribution in [-0.2, 0) is 6.54 Å². The van der Waals surface area contributed by atoms with Crippen molar-refractivity contribution in [1.82, 2.24) is 4.57 Å². The summed E-state index contributed by atoms with van der Waals surface area (Å²) < 4.78 is 26.8. The molecule has 0 amide bonds. The van der Waals surface area contributed by atoms with E-state index in [2.05, 4.69) is 0 Å². The van der Waals surface area contributed by atoms with Crippen LogP contribution in [0.25, 0.3) is 0 Å². The molecule has 0 atom stereocenters. The summed E-state index contributed by atoms with van der Waals surface area (Å²) in [5.41, 5.74) is 0.285. The van der Waals surface area contributed by atoms with Crippen molar-refractivity contribution in [1.29, 1.82) is 0 Å². The van der Waals surface area contributed by atoms with Crippen molar-refractivity contribution >= 4 is 11.3 Å². The topological polar surface area (TPSA) is 42.2 Å². The first-order valence-electron chi connectivity index (χ1n) is 4.38. The third-order valence-corrected chi connectivity index (χ3v) is 2.78. The van der Waals surface area contributed by atoms with Gasteiger partial charge in [0, 0.05) is 6.07 Å². The van der Waals surface area contributed by atoms with E-state index in [4.69, 9.17) is 0 Å². The average Bonchev–Trinajstić information content (AvgIpc) is 2.48. The lowest BCUT2D eigenvalue weighted by atomic mass is 10.2. The molecule has 16 heavy (non-hydrogen) atoms. The fourth-order valence-corrected chi connectivity index (χ4v) is 1.97. The molecule has 0 fully saturated rings. The summed E-state index contributed by atoms with van der Waals surface area (Å²) in [4.78, 5) is 10.9. The van der Waals surface area contributed by atoms with Crippen molar-refractivity contribution < 1.29 is 13.9 Å². The zero-order chi connectivity index (χ0) is 11.7.